The first-order valence-corrected chi connectivity index (χ1v) is 7.08. The molecule has 0 aliphatic carbocycles. The van der Waals surface area contributed by atoms with Gasteiger partial charge in [0.1, 0.15) is 5.82 Å². The maximum absolute atomic E-state index is 5.89. The molecule has 0 amide bonds. The molecular formula is C15H20ClN3. The molecule has 2 aromatic rings. The molecule has 1 N–H and O–H groups in total. The molecule has 4 heteroatoms. The second-order valence-corrected chi connectivity index (χ2v) is 6.16. The van der Waals surface area contributed by atoms with Gasteiger partial charge in [-0.2, -0.15) is 0 Å². The summed E-state index contributed by atoms with van der Waals surface area (Å²) in [5, 5.41) is 3.45. The van der Waals surface area contributed by atoms with Gasteiger partial charge in [-0.05, 0) is 24.0 Å². The van der Waals surface area contributed by atoms with Crippen LogP contribution in [0.4, 0.5) is 5.82 Å². The number of para-hydroxylation sites is 2. The van der Waals surface area contributed by atoms with Gasteiger partial charge < -0.3 is 5.32 Å². The molecule has 1 aromatic heterocycles. The summed E-state index contributed by atoms with van der Waals surface area (Å²) in [7, 11) is 0. The Labute approximate surface area is 119 Å². The van der Waals surface area contributed by atoms with Gasteiger partial charge in [0.2, 0.25) is 0 Å². The number of alkyl halides is 1. The Morgan fingerprint density at radius 1 is 1.21 bits per heavy atom. The molecule has 0 spiro atoms. The minimum Gasteiger partial charge on any atom is -0.365 e. The average molecular weight is 278 g/mol. The first-order chi connectivity index (χ1) is 9.00. The molecule has 0 aliphatic rings. The first kappa shape index (κ1) is 14.1. The van der Waals surface area contributed by atoms with Crippen molar-refractivity contribution in [3.63, 3.8) is 0 Å². The van der Waals surface area contributed by atoms with Gasteiger partial charge in [0.25, 0.3) is 0 Å². The second-order valence-electron chi connectivity index (χ2n) is 5.78. The maximum atomic E-state index is 5.89. The third-order valence-corrected chi connectivity index (χ3v) is 3.43. The minimum atomic E-state index is 0.127. The van der Waals surface area contributed by atoms with E-state index in [4.69, 9.17) is 11.6 Å². The van der Waals surface area contributed by atoms with Crippen LogP contribution in [0.15, 0.2) is 30.5 Å². The smallest absolute Gasteiger partial charge is 0.145 e. The van der Waals surface area contributed by atoms with E-state index in [9.17, 15) is 0 Å². The van der Waals surface area contributed by atoms with Crippen molar-refractivity contribution in [2.24, 2.45) is 5.41 Å². The summed E-state index contributed by atoms with van der Waals surface area (Å²) >= 11 is 5.89. The molecule has 0 saturated heterocycles. The van der Waals surface area contributed by atoms with Crippen molar-refractivity contribution < 1.29 is 0 Å². The SMILES string of the molecule is CC(C)(C)C(CCCl)Nc1cnc2ccccc2n1. The van der Waals surface area contributed by atoms with E-state index >= 15 is 0 Å². The van der Waals surface area contributed by atoms with Crippen LogP contribution < -0.4 is 5.32 Å². The number of nitrogens with zero attached hydrogens (tertiary/aromatic N) is 2. The van der Waals surface area contributed by atoms with Crippen LogP contribution in [0.1, 0.15) is 27.2 Å². The van der Waals surface area contributed by atoms with Crippen molar-refractivity contribution in [2.75, 3.05) is 11.2 Å². The van der Waals surface area contributed by atoms with Crippen LogP contribution in [0.2, 0.25) is 0 Å². The largest absolute Gasteiger partial charge is 0.365 e. The Morgan fingerprint density at radius 3 is 2.53 bits per heavy atom. The summed E-state index contributed by atoms with van der Waals surface area (Å²) in [6, 6.07) is 8.16. The highest BCUT2D eigenvalue weighted by Gasteiger charge is 2.24. The molecular weight excluding hydrogens is 258 g/mol. The molecule has 1 aromatic carbocycles. The number of aromatic nitrogens is 2. The van der Waals surface area contributed by atoms with Gasteiger partial charge >= 0.3 is 0 Å². The number of hydrogen-bond acceptors (Lipinski definition) is 3. The van der Waals surface area contributed by atoms with Gasteiger partial charge in [-0.1, -0.05) is 32.9 Å². The van der Waals surface area contributed by atoms with E-state index in [2.05, 4.69) is 36.1 Å². The van der Waals surface area contributed by atoms with E-state index in [0.29, 0.717) is 5.88 Å². The Bertz CT molecular complexity index is 548. The van der Waals surface area contributed by atoms with Crippen LogP contribution in [0.25, 0.3) is 11.0 Å². The Kier molecular flexibility index (Phi) is 4.25. The van der Waals surface area contributed by atoms with Gasteiger partial charge in [-0.15, -0.1) is 11.6 Å². The molecule has 0 radical (unpaired) electrons. The van der Waals surface area contributed by atoms with Crippen LogP contribution in [0, 0.1) is 5.41 Å². The number of hydrogen-bond donors (Lipinski definition) is 1. The Morgan fingerprint density at radius 2 is 1.89 bits per heavy atom. The lowest BCUT2D eigenvalue weighted by Crippen LogP contribution is -2.34. The number of rotatable bonds is 4. The van der Waals surface area contributed by atoms with Crippen LogP contribution in [0.3, 0.4) is 0 Å². The van der Waals surface area contributed by atoms with Crippen LogP contribution in [-0.2, 0) is 0 Å². The van der Waals surface area contributed by atoms with Gasteiger partial charge in [0.05, 0.1) is 17.2 Å². The lowest BCUT2D eigenvalue weighted by molar-refractivity contribution is 0.334. The maximum Gasteiger partial charge on any atom is 0.145 e. The van der Waals surface area contributed by atoms with E-state index in [1.165, 1.54) is 0 Å². The lowest BCUT2D eigenvalue weighted by atomic mass is 9.85. The predicted molar refractivity (Wildman–Crippen MR) is 81.7 cm³/mol. The zero-order valence-corrected chi connectivity index (χ0v) is 12.4. The standard InChI is InChI=1S/C15H20ClN3/c1-15(2,3)13(8-9-16)19-14-10-17-11-6-4-5-7-12(11)18-14/h4-7,10,13H,8-9H2,1-3H3,(H,18,19). The third kappa shape index (κ3) is 3.57. The highest BCUT2D eigenvalue weighted by atomic mass is 35.5. The van der Waals surface area contributed by atoms with Crippen molar-refractivity contribution in [3.8, 4) is 0 Å². The van der Waals surface area contributed by atoms with Crippen molar-refractivity contribution in [1.82, 2.24) is 9.97 Å². The van der Waals surface area contributed by atoms with Crippen molar-refractivity contribution >= 4 is 28.5 Å². The molecule has 0 fully saturated rings. The Hall–Kier alpha value is -1.35. The number of fused-ring (bicyclic) bond motifs is 1. The molecule has 19 heavy (non-hydrogen) atoms. The van der Waals surface area contributed by atoms with E-state index < -0.39 is 0 Å². The summed E-state index contributed by atoms with van der Waals surface area (Å²) < 4.78 is 0. The van der Waals surface area contributed by atoms with E-state index in [1.54, 1.807) is 6.20 Å². The van der Waals surface area contributed by atoms with Gasteiger partial charge in [-0.25, -0.2) is 4.98 Å². The summed E-state index contributed by atoms with van der Waals surface area (Å²) in [5.41, 5.74) is 1.95. The molecule has 0 bridgehead atoms. The molecule has 1 heterocycles. The van der Waals surface area contributed by atoms with Gasteiger partial charge in [-0.3, -0.25) is 4.98 Å². The number of nitrogens with one attached hydrogen (secondary N) is 1. The summed E-state index contributed by atoms with van der Waals surface area (Å²) in [6.07, 6.45) is 2.69. The summed E-state index contributed by atoms with van der Waals surface area (Å²) in [4.78, 5) is 9.01. The van der Waals surface area contributed by atoms with Gasteiger partial charge in [0, 0.05) is 11.9 Å². The number of halogens is 1. The molecule has 2 rings (SSSR count). The zero-order chi connectivity index (χ0) is 13.9. The third-order valence-electron chi connectivity index (χ3n) is 3.21. The minimum absolute atomic E-state index is 0.127. The van der Waals surface area contributed by atoms with Crippen molar-refractivity contribution in [3.05, 3.63) is 30.5 Å². The van der Waals surface area contributed by atoms with Crippen molar-refractivity contribution in [2.45, 2.75) is 33.2 Å². The second kappa shape index (κ2) is 5.74. The number of benzene rings is 1. The molecule has 1 atom stereocenters. The van der Waals surface area contributed by atoms with Crippen LogP contribution in [-0.4, -0.2) is 21.9 Å². The molecule has 3 nitrogen and oxygen atoms in total. The summed E-state index contributed by atoms with van der Waals surface area (Å²) in [6.45, 7) is 6.60. The molecule has 1 unspecified atom stereocenters. The predicted octanol–water partition coefficient (Wildman–Crippen LogP) is 4.09. The van der Waals surface area contributed by atoms with E-state index in [1.807, 2.05) is 24.3 Å². The molecule has 0 aliphatic heterocycles. The zero-order valence-electron chi connectivity index (χ0n) is 11.7. The Balaban J connectivity index is 2.23. The highest BCUT2D eigenvalue weighted by molar-refractivity contribution is 6.17. The molecule has 102 valence electrons. The van der Waals surface area contributed by atoms with Gasteiger partial charge in [0.15, 0.2) is 0 Å². The normalized spacial score (nSPS) is 13.5. The van der Waals surface area contributed by atoms with Crippen LogP contribution in [0.5, 0.6) is 0 Å². The topological polar surface area (TPSA) is 37.8 Å². The summed E-state index contributed by atoms with van der Waals surface area (Å²) in [5.74, 6) is 1.44. The van der Waals surface area contributed by atoms with E-state index in [-0.39, 0.29) is 11.5 Å². The fourth-order valence-electron chi connectivity index (χ4n) is 2.04. The van der Waals surface area contributed by atoms with Crippen LogP contribution >= 0.6 is 11.6 Å². The lowest BCUT2D eigenvalue weighted by Gasteiger charge is -2.31. The quantitative estimate of drug-likeness (QED) is 0.856. The molecule has 0 saturated carbocycles. The number of anilines is 1. The monoisotopic (exact) mass is 277 g/mol. The van der Waals surface area contributed by atoms with E-state index in [0.717, 1.165) is 23.3 Å². The fraction of sp³-hybridized carbons (Fsp3) is 0.467. The highest BCUT2D eigenvalue weighted by Crippen LogP contribution is 2.25. The average Bonchev–Trinajstić information content (AvgIpc) is 2.37. The first-order valence-electron chi connectivity index (χ1n) is 6.55. The fourth-order valence-corrected chi connectivity index (χ4v) is 2.25. The van der Waals surface area contributed by atoms with Crippen molar-refractivity contribution in [1.29, 1.82) is 0 Å².